The minimum Gasteiger partial charge on any atom is -0.352 e. The van der Waals surface area contributed by atoms with Crippen LogP contribution in [0, 0.1) is 0 Å². The molecule has 1 fully saturated rings. The normalized spacial score (nSPS) is 18.6. The van der Waals surface area contributed by atoms with Crippen LogP contribution in [-0.4, -0.2) is 36.0 Å². The molecule has 0 aromatic rings. The van der Waals surface area contributed by atoms with Crippen molar-refractivity contribution in [2.45, 2.75) is 51.6 Å². The molecular weight excluding hydrogens is 220 g/mol. The molecule has 4 heteroatoms. The van der Waals surface area contributed by atoms with E-state index in [1.807, 2.05) is 11.8 Å². The van der Waals surface area contributed by atoms with Gasteiger partial charge >= 0.3 is 0 Å². The topological polar surface area (TPSA) is 41.1 Å². The van der Waals surface area contributed by atoms with Crippen molar-refractivity contribution in [2.75, 3.05) is 18.1 Å². The molecule has 0 spiro atoms. The van der Waals surface area contributed by atoms with Gasteiger partial charge in [0.2, 0.25) is 5.91 Å². The van der Waals surface area contributed by atoms with E-state index >= 15 is 0 Å². The highest BCUT2D eigenvalue weighted by atomic mass is 32.2. The fourth-order valence-corrected chi connectivity index (χ4v) is 2.70. The van der Waals surface area contributed by atoms with Gasteiger partial charge < -0.3 is 10.6 Å². The Labute approximate surface area is 103 Å². The summed E-state index contributed by atoms with van der Waals surface area (Å²) in [4.78, 5) is 11.6. The third-order valence-corrected chi connectivity index (χ3v) is 4.03. The average Bonchev–Trinajstić information content (AvgIpc) is 2.76. The van der Waals surface area contributed by atoms with Gasteiger partial charge in [-0.3, -0.25) is 4.79 Å². The van der Waals surface area contributed by atoms with Crippen LogP contribution in [0.3, 0.4) is 0 Å². The fraction of sp³-hybridized carbons (Fsp3) is 0.917. The lowest BCUT2D eigenvalue weighted by molar-refractivity contribution is -0.120. The van der Waals surface area contributed by atoms with E-state index in [2.05, 4.69) is 24.5 Å². The summed E-state index contributed by atoms with van der Waals surface area (Å²) in [5.74, 6) is 2.25. The molecule has 0 heterocycles. The summed E-state index contributed by atoms with van der Waals surface area (Å²) in [7, 11) is 0. The molecule has 0 radical (unpaired) electrons. The van der Waals surface area contributed by atoms with Crippen LogP contribution in [0.5, 0.6) is 0 Å². The molecule has 2 N–H and O–H groups in total. The fourth-order valence-electron chi connectivity index (χ4n) is 2.03. The van der Waals surface area contributed by atoms with E-state index in [9.17, 15) is 4.79 Å². The Kier molecular flexibility index (Phi) is 6.88. The highest BCUT2D eigenvalue weighted by Crippen LogP contribution is 2.17. The average molecular weight is 244 g/mol. The minimum absolute atomic E-state index is 0.135. The number of hydrogen-bond acceptors (Lipinski definition) is 3. The Hall–Kier alpha value is -0.220. The van der Waals surface area contributed by atoms with Crippen LogP contribution in [-0.2, 0) is 4.79 Å². The number of carbonyl (C=O) groups excluding carboxylic acids is 1. The molecular formula is C12H24N2OS. The van der Waals surface area contributed by atoms with Crippen molar-refractivity contribution in [1.29, 1.82) is 0 Å². The zero-order valence-corrected chi connectivity index (χ0v) is 11.2. The number of amides is 1. The smallest absolute Gasteiger partial charge is 0.234 e. The molecule has 1 amide bonds. The summed E-state index contributed by atoms with van der Waals surface area (Å²) in [6.07, 6.45) is 5.08. The molecule has 1 unspecified atom stereocenters. The molecule has 1 rings (SSSR count). The Balaban J connectivity index is 2.05. The predicted molar refractivity (Wildman–Crippen MR) is 70.9 cm³/mol. The van der Waals surface area contributed by atoms with Crippen LogP contribution >= 0.6 is 11.8 Å². The van der Waals surface area contributed by atoms with Crippen molar-refractivity contribution < 1.29 is 4.79 Å². The van der Waals surface area contributed by atoms with Crippen LogP contribution in [0.1, 0.15) is 39.5 Å². The molecule has 3 nitrogen and oxygen atoms in total. The van der Waals surface area contributed by atoms with Crippen molar-refractivity contribution in [3.63, 3.8) is 0 Å². The van der Waals surface area contributed by atoms with Crippen molar-refractivity contribution >= 4 is 17.7 Å². The molecule has 0 aliphatic heterocycles. The van der Waals surface area contributed by atoms with Gasteiger partial charge in [0.25, 0.3) is 0 Å². The predicted octanol–water partition coefficient (Wildman–Crippen LogP) is 1.78. The molecule has 0 aromatic carbocycles. The number of nitrogens with one attached hydrogen (secondary N) is 2. The first kappa shape index (κ1) is 13.8. The Morgan fingerprint density at radius 3 is 2.75 bits per heavy atom. The number of carbonyl (C=O) groups is 1. The molecule has 1 aliphatic carbocycles. The first-order valence-electron chi connectivity index (χ1n) is 6.33. The van der Waals surface area contributed by atoms with E-state index in [1.54, 1.807) is 0 Å². The van der Waals surface area contributed by atoms with Gasteiger partial charge in [-0.25, -0.2) is 0 Å². The number of rotatable bonds is 7. The van der Waals surface area contributed by atoms with Crippen LogP contribution in [0.4, 0.5) is 0 Å². The molecule has 1 saturated carbocycles. The monoisotopic (exact) mass is 244 g/mol. The van der Waals surface area contributed by atoms with Crippen molar-refractivity contribution in [2.24, 2.45) is 0 Å². The van der Waals surface area contributed by atoms with Gasteiger partial charge in [-0.05, 0) is 25.5 Å². The van der Waals surface area contributed by atoms with Crippen molar-refractivity contribution in [3.05, 3.63) is 0 Å². The SMILES string of the molecule is CCSCC(C)NC(=O)CNC1CCCC1. The van der Waals surface area contributed by atoms with E-state index in [0.29, 0.717) is 12.6 Å². The van der Waals surface area contributed by atoms with E-state index in [-0.39, 0.29) is 11.9 Å². The summed E-state index contributed by atoms with van der Waals surface area (Å²) in [5, 5.41) is 6.34. The summed E-state index contributed by atoms with van der Waals surface area (Å²) in [6.45, 7) is 4.68. The molecule has 1 atom stereocenters. The highest BCUT2D eigenvalue weighted by molar-refractivity contribution is 7.99. The maximum Gasteiger partial charge on any atom is 0.234 e. The second-order valence-corrected chi connectivity index (χ2v) is 5.81. The molecule has 0 bridgehead atoms. The van der Waals surface area contributed by atoms with Gasteiger partial charge in [-0.1, -0.05) is 19.8 Å². The largest absolute Gasteiger partial charge is 0.352 e. The standard InChI is InChI=1S/C12H24N2OS/c1-3-16-9-10(2)14-12(15)8-13-11-6-4-5-7-11/h10-11,13H,3-9H2,1-2H3,(H,14,15). The maximum absolute atomic E-state index is 11.6. The first-order chi connectivity index (χ1) is 7.72. The summed E-state index contributed by atoms with van der Waals surface area (Å²) < 4.78 is 0. The van der Waals surface area contributed by atoms with E-state index in [4.69, 9.17) is 0 Å². The molecule has 0 aromatic heterocycles. The Bertz CT molecular complexity index is 205. The Morgan fingerprint density at radius 1 is 1.44 bits per heavy atom. The Morgan fingerprint density at radius 2 is 2.12 bits per heavy atom. The van der Waals surface area contributed by atoms with Crippen LogP contribution < -0.4 is 10.6 Å². The molecule has 94 valence electrons. The number of thioether (sulfide) groups is 1. The second-order valence-electron chi connectivity index (χ2n) is 4.49. The van der Waals surface area contributed by atoms with Gasteiger partial charge in [-0.15, -0.1) is 0 Å². The van der Waals surface area contributed by atoms with Crippen molar-refractivity contribution in [3.8, 4) is 0 Å². The summed E-state index contributed by atoms with van der Waals surface area (Å²) in [6, 6.07) is 0.855. The quantitative estimate of drug-likeness (QED) is 0.717. The van der Waals surface area contributed by atoms with Gasteiger partial charge in [0.15, 0.2) is 0 Å². The zero-order chi connectivity index (χ0) is 11.8. The number of hydrogen-bond donors (Lipinski definition) is 2. The zero-order valence-electron chi connectivity index (χ0n) is 10.4. The maximum atomic E-state index is 11.6. The lowest BCUT2D eigenvalue weighted by atomic mass is 10.2. The lowest BCUT2D eigenvalue weighted by Crippen LogP contribution is -2.42. The summed E-state index contributed by atoms with van der Waals surface area (Å²) >= 11 is 1.87. The molecule has 16 heavy (non-hydrogen) atoms. The van der Waals surface area contributed by atoms with Gasteiger partial charge in [0.05, 0.1) is 6.54 Å². The summed E-state index contributed by atoms with van der Waals surface area (Å²) in [5.41, 5.74) is 0. The van der Waals surface area contributed by atoms with E-state index < -0.39 is 0 Å². The highest BCUT2D eigenvalue weighted by Gasteiger charge is 2.15. The first-order valence-corrected chi connectivity index (χ1v) is 7.48. The minimum atomic E-state index is 0.135. The van der Waals surface area contributed by atoms with Gasteiger partial charge in [-0.2, -0.15) is 11.8 Å². The van der Waals surface area contributed by atoms with E-state index in [0.717, 1.165) is 11.5 Å². The van der Waals surface area contributed by atoms with Crippen LogP contribution in [0.2, 0.25) is 0 Å². The van der Waals surface area contributed by atoms with Gasteiger partial charge in [0.1, 0.15) is 0 Å². The molecule has 1 aliphatic rings. The van der Waals surface area contributed by atoms with Gasteiger partial charge in [0, 0.05) is 17.8 Å². The molecule has 0 saturated heterocycles. The lowest BCUT2D eigenvalue weighted by Gasteiger charge is -2.15. The third-order valence-electron chi connectivity index (χ3n) is 2.89. The second kappa shape index (κ2) is 7.96. The van der Waals surface area contributed by atoms with Crippen LogP contribution in [0.25, 0.3) is 0 Å². The van der Waals surface area contributed by atoms with Crippen LogP contribution in [0.15, 0.2) is 0 Å². The van der Waals surface area contributed by atoms with E-state index in [1.165, 1.54) is 25.7 Å². The third kappa shape index (κ3) is 5.75. The van der Waals surface area contributed by atoms with Crippen molar-refractivity contribution in [1.82, 2.24) is 10.6 Å².